The summed E-state index contributed by atoms with van der Waals surface area (Å²) in [5.74, 6) is 0.966. The lowest BCUT2D eigenvalue weighted by Crippen LogP contribution is -2.35. The molecule has 6 heteroatoms. The van der Waals surface area contributed by atoms with Crippen molar-refractivity contribution in [3.8, 4) is 11.5 Å². The van der Waals surface area contributed by atoms with Crippen LogP contribution >= 0.6 is 0 Å². The number of hydrogen-bond acceptors (Lipinski definition) is 5. The fraction of sp³-hybridized carbons (Fsp3) is 0.533. The van der Waals surface area contributed by atoms with Gasteiger partial charge >= 0.3 is 0 Å². The molecule has 0 aromatic heterocycles. The standard InChI is InChI=1S/C15H22N2O4/c1-9-6-10-7-13(20-3)11(8-12(10)21-9)14(15(16)18)17-4-5-19-2/h7-9,14,17H,4-6H2,1-3H3,(H2,16,18). The maximum atomic E-state index is 11.7. The van der Waals surface area contributed by atoms with Crippen LogP contribution in [0, 0.1) is 0 Å². The van der Waals surface area contributed by atoms with E-state index in [9.17, 15) is 4.79 Å². The molecule has 0 saturated heterocycles. The van der Waals surface area contributed by atoms with Crippen molar-refractivity contribution in [1.82, 2.24) is 5.32 Å². The van der Waals surface area contributed by atoms with Gasteiger partial charge in [-0.05, 0) is 19.1 Å². The molecule has 0 radical (unpaired) electrons. The van der Waals surface area contributed by atoms with Crippen molar-refractivity contribution in [2.24, 2.45) is 5.73 Å². The summed E-state index contributed by atoms with van der Waals surface area (Å²) in [5, 5.41) is 3.08. The second kappa shape index (κ2) is 6.78. The number of carbonyl (C=O) groups excluding carboxylic acids is 1. The van der Waals surface area contributed by atoms with Crippen LogP contribution in [0.4, 0.5) is 0 Å². The Morgan fingerprint density at radius 1 is 1.52 bits per heavy atom. The van der Waals surface area contributed by atoms with Crippen molar-refractivity contribution in [2.75, 3.05) is 27.4 Å². The van der Waals surface area contributed by atoms with E-state index in [0.29, 0.717) is 24.5 Å². The summed E-state index contributed by atoms with van der Waals surface area (Å²) in [6.07, 6.45) is 0.970. The van der Waals surface area contributed by atoms with Crippen LogP contribution in [0.15, 0.2) is 12.1 Å². The summed E-state index contributed by atoms with van der Waals surface area (Å²) in [5.41, 5.74) is 7.28. The Kier molecular flexibility index (Phi) is 5.03. The highest BCUT2D eigenvalue weighted by molar-refractivity contribution is 5.82. The molecule has 1 amide bonds. The number of amides is 1. The molecule has 1 aliphatic heterocycles. The molecule has 1 aromatic carbocycles. The molecule has 116 valence electrons. The fourth-order valence-corrected chi connectivity index (χ4v) is 2.53. The van der Waals surface area contributed by atoms with Crippen LogP contribution in [-0.4, -0.2) is 39.4 Å². The lowest BCUT2D eigenvalue weighted by Gasteiger charge is -2.19. The number of rotatable bonds is 7. The number of ether oxygens (including phenoxy) is 3. The van der Waals surface area contributed by atoms with Gasteiger partial charge in [0.1, 0.15) is 23.6 Å². The Hall–Kier alpha value is -1.79. The van der Waals surface area contributed by atoms with Gasteiger partial charge in [0.25, 0.3) is 0 Å². The first-order valence-corrected chi connectivity index (χ1v) is 6.96. The highest BCUT2D eigenvalue weighted by Gasteiger charge is 2.27. The summed E-state index contributed by atoms with van der Waals surface area (Å²) < 4.78 is 16.1. The highest BCUT2D eigenvalue weighted by atomic mass is 16.5. The minimum Gasteiger partial charge on any atom is -0.496 e. The molecule has 6 nitrogen and oxygen atoms in total. The SMILES string of the molecule is COCCNC(C(N)=O)c1cc2c(cc1OC)CC(C)O2. The van der Waals surface area contributed by atoms with Crippen LogP contribution < -0.4 is 20.5 Å². The molecule has 21 heavy (non-hydrogen) atoms. The lowest BCUT2D eigenvalue weighted by atomic mass is 10.0. The summed E-state index contributed by atoms with van der Waals surface area (Å²) in [6, 6.07) is 3.12. The molecule has 0 fully saturated rings. The predicted octanol–water partition coefficient (Wildman–Crippen LogP) is 0.781. The van der Waals surface area contributed by atoms with E-state index >= 15 is 0 Å². The molecule has 0 saturated carbocycles. The number of primary amides is 1. The van der Waals surface area contributed by atoms with E-state index in [2.05, 4.69) is 5.32 Å². The van der Waals surface area contributed by atoms with Crippen LogP contribution in [0.25, 0.3) is 0 Å². The molecule has 3 N–H and O–H groups in total. The van der Waals surface area contributed by atoms with Gasteiger partial charge in [0, 0.05) is 31.2 Å². The Morgan fingerprint density at radius 3 is 2.90 bits per heavy atom. The van der Waals surface area contributed by atoms with Crippen molar-refractivity contribution in [3.63, 3.8) is 0 Å². The number of hydrogen-bond donors (Lipinski definition) is 2. The highest BCUT2D eigenvalue weighted by Crippen LogP contribution is 2.37. The van der Waals surface area contributed by atoms with E-state index in [-0.39, 0.29) is 6.10 Å². The van der Waals surface area contributed by atoms with E-state index in [1.807, 2.05) is 19.1 Å². The Labute approximate surface area is 124 Å². The van der Waals surface area contributed by atoms with Crippen LogP contribution in [-0.2, 0) is 16.0 Å². The van der Waals surface area contributed by atoms with E-state index in [1.165, 1.54) is 0 Å². The van der Waals surface area contributed by atoms with Crippen molar-refractivity contribution in [1.29, 1.82) is 0 Å². The third kappa shape index (κ3) is 3.46. The van der Waals surface area contributed by atoms with Gasteiger partial charge in [0.2, 0.25) is 5.91 Å². The van der Waals surface area contributed by atoms with E-state index in [1.54, 1.807) is 14.2 Å². The normalized spacial score (nSPS) is 18.0. The number of benzene rings is 1. The summed E-state index contributed by atoms with van der Waals surface area (Å²) in [6.45, 7) is 3.01. The maximum Gasteiger partial charge on any atom is 0.239 e. The Morgan fingerprint density at radius 2 is 2.29 bits per heavy atom. The van der Waals surface area contributed by atoms with E-state index in [4.69, 9.17) is 19.9 Å². The number of nitrogens with two attached hydrogens (primary N) is 1. The van der Waals surface area contributed by atoms with Gasteiger partial charge < -0.3 is 19.9 Å². The predicted molar refractivity (Wildman–Crippen MR) is 78.6 cm³/mol. The Bertz CT molecular complexity index is 519. The third-order valence-electron chi connectivity index (χ3n) is 3.50. The first kappa shape index (κ1) is 15.6. The minimum atomic E-state index is -0.639. The second-order valence-corrected chi connectivity index (χ2v) is 5.12. The van der Waals surface area contributed by atoms with Crippen LogP contribution in [0.5, 0.6) is 11.5 Å². The molecular formula is C15H22N2O4. The summed E-state index contributed by atoms with van der Waals surface area (Å²) in [7, 11) is 3.18. The maximum absolute atomic E-state index is 11.7. The molecule has 0 aliphatic carbocycles. The van der Waals surface area contributed by atoms with Gasteiger partial charge in [-0.3, -0.25) is 10.1 Å². The van der Waals surface area contributed by atoms with Gasteiger partial charge in [0.05, 0.1) is 13.7 Å². The van der Waals surface area contributed by atoms with Crippen molar-refractivity contribution in [3.05, 3.63) is 23.3 Å². The van der Waals surface area contributed by atoms with Gasteiger partial charge in [-0.1, -0.05) is 0 Å². The summed E-state index contributed by atoms with van der Waals surface area (Å²) >= 11 is 0. The van der Waals surface area contributed by atoms with Gasteiger partial charge in [-0.15, -0.1) is 0 Å². The zero-order valence-electron chi connectivity index (χ0n) is 12.6. The second-order valence-electron chi connectivity index (χ2n) is 5.12. The van der Waals surface area contributed by atoms with Gasteiger partial charge in [0.15, 0.2) is 0 Å². The first-order valence-electron chi connectivity index (χ1n) is 6.96. The van der Waals surface area contributed by atoms with Crippen molar-refractivity contribution < 1.29 is 19.0 Å². The van der Waals surface area contributed by atoms with Gasteiger partial charge in [-0.25, -0.2) is 0 Å². The average Bonchev–Trinajstić information content (AvgIpc) is 2.81. The van der Waals surface area contributed by atoms with E-state index in [0.717, 1.165) is 17.7 Å². The summed E-state index contributed by atoms with van der Waals surface area (Å²) in [4.78, 5) is 11.7. The molecule has 2 atom stereocenters. The molecule has 2 unspecified atom stereocenters. The number of fused-ring (bicyclic) bond motifs is 1. The third-order valence-corrected chi connectivity index (χ3v) is 3.50. The molecular weight excluding hydrogens is 272 g/mol. The lowest BCUT2D eigenvalue weighted by molar-refractivity contribution is -0.120. The van der Waals surface area contributed by atoms with Crippen LogP contribution in [0.3, 0.4) is 0 Å². The number of nitrogens with one attached hydrogen (secondary N) is 1. The number of carbonyl (C=O) groups is 1. The molecule has 1 aliphatic rings. The van der Waals surface area contributed by atoms with Crippen LogP contribution in [0.2, 0.25) is 0 Å². The molecule has 1 heterocycles. The molecule has 2 rings (SSSR count). The van der Waals surface area contributed by atoms with E-state index < -0.39 is 11.9 Å². The smallest absolute Gasteiger partial charge is 0.239 e. The minimum absolute atomic E-state index is 0.133. The first-order chi connectivity index (χ1) is 10.1. The fourth-order valence-electron chi connectivity index (χ4n) is 2.53. The van der Waals surface area contributed by atoms with Crippen LogP contribution in [0.1, 0.15) is 24.1 Å². The van der Waals surface area contributed by atoms with Crippen molar-refractivity contribution >= 4 is 5.91 Å². The molecule has 1 aromatic rings. The zero-order valence-corrected chi connectivity index (χ0v) is 12.6. The molecule has 0 spiro atoms. The van der Waals surface area contributed by atoms with Gasteiger partial charge in [-0.2, -0.15) is 0 Å². The Balaban J connectivity index is 2.31. The largest absolute Gasteiger partial charge is 0.496 e. The molecule has 0 bridgehead atoms. The van der Waals surface area contributed by atoms with Crippen molar-refractivity contribution in [2.45, 2.75) is 25.5 Å². The monoisotopic (exact) mass is 294 g/mol. The number of methoxy groups -OCH3 is 2. The zero-order chi connectivity index (χ0) is 15.4. The quantitative estimate of drug-likeness (QED) is 0.726. The average molecular weight is 294 g/mol. The topological polar surface area (TPSA) is 82.8 Å².